The SMILES string of the molecule is Cc1cc(C(=O)N2CC3CCC(N)C3C2)c(C)n1-c1ccccc1.Cl. The van der Waals surface area contributed by atoms with E-state index in [0.29, 0.717) is 11.8 Å². The fourth-order valence-corrected chi connectivity index (χ4v) is 4.60. The lowest BCUT2D eigenvalue weighted by Crippen LogP contribution is -2.33. The predicted molar refractivity (Wildman–Crippen MR) is 103 cm³/mol. The van der Waals surface area contributed by atoms with E-state index in [1.807, 2.05) is 36.1 Å². The van der Waals surface area contributed by atoms with Gasteiger partial charge in [0.05, 0.1) is 5.56 Å². The summed E-state index contributed by atoms with van der Waals surface area (Å²) in [5.74, 6) is 1.25. The topological polar surface area (TPSA) is 51.3 Å². The lowest BCUT2D eigenvalue weighted by molar-refractivity contribution is 0.0779. The summed E-state index contributed by atoms with van der Waals surface area (Å²) in [5, 5.41) is 0. The first-order chi connectivity index (χ1) is 11.6. The van der Waals surface area contributed by atoms with E-state index >= 15 is 0 Å². The van der Waals surface area contributed by atoms with Gasteiger partial charge >= 0.3 is 0 Å². The van der Waals surface area contributed by atoms with Gasteiger partial charge in [-0.15, -0.1) is 12.4 Å². The molecule has 1 aromatic heterocycles. The van der Waals surface area contributed by atoms with Crippen molar-refractivity contribution in [3.05, 3.63) is 53.3 Å². The highest BCUT2D eigenvalue weighted by atomic mass is 35.5. The molecule has 1 aromatic carbocycles. The minimum atomic E-state index is 0. The molecule has 1 saturated carbocycles. The van der Waals surface area contributed by atoms with E-state index in [0.717, 1.165) is 42.1 Å². The summed E-state index contributed by atoms with van der Waals surface area (Å²) >= 11 is 0. The molecule has 2 fully saturated rings. The summed E-state index contributed by atoms with van der Waals surface area (Å²) in [5.41, 5.74) is 10.3. The lowest BCUT2D eigenvalue weighted by Gasteiger charge is -2.19. The van der Waals surface area contributed by atoms with Gasteiger partial charge in [0.1, 0.15) is 0 Å². The van der Waals surface area contributed by atoms with Crippen molar-refractivity contribution < 1.29 is 4.79 Å². The molecule has 3 atom stereocenters. The number of fused-ring (bicyclic) bond motifs is 1. The van der Waals surface area contributed by atoms with Crippen molar-refractivity contribution in [2.24, 2.45) is 17.6 Å². The number of hydrogen-bond donors (Lipinski definition) is 1. The average molecular weight is 360 g/mol. The Labute approximate surface area is 155 Å². The summed E-state index contributed by atoms with van der Waals surface area (Å²) in [6.45, 7) is 5.78. The number of amides is 1. The average Bonchev–Trinajstić information content (AvgIpc) is 3.23. The van der Waals surface area contributed by atoms with Crippen LogP contribution >= 0.6 is 12.4 Å². The minimum Gasteiger partial charge on any atom is -0.338 e. The van der Waals surface area contributed by atoms with Crippen molar-refractivity contribution in [3.8, 4) is 5.69 Å². The first kappa shape index (κ1) is 18.0. The number of nitrogens with two attached hydrogens (primary N) is 1. The molecule has 4 nitrogen and oxygen atoms in total. The Morgan fingerprint density at radius 2 is 1.84 bits per heavy atom. The second-order valence-electron chi connectivity index (χ2n) is 7.33. The second kappa shape index (κ2) is 6.85. The third-order valence-electron chi connectivity index (χ3n) is 5.88. The maximum absolute atomic E-state index is 13.1. The highest BCUT2D eigenvalue weighted by Gasteiger charge is 2.42. The summed E-state index contributed by atoms with van der Waals surface area (Å²) in [6, 6.07) is 12.5. The number of aryl methyl sites for hydroxylation is 1. The molecule has 2 aliphatic rings. The Bertz CT molecular complexity index is 771. The van der Waals surface area contributed by atoms with Crippen LogP contribution in [0.25, 0.3) is 5.69 Å². The number of carbonyl (C=O) groups is 1. The molecular formula is C20H26ClN3O. The number of nitrogens with zero attached hydrogens (tertiary/aromatic N) is 2. The molecule has 1 aliphatic carbocycles. The molecule has 2 heterocycles. The van der Waals surface area contributed by atoms with E-state index in [-0.39, 0.29) is 24.4 Å². The third kappa shape index (κ3) is 2.98. The molecule has 134 valence electrons. The molecule has 1 aliphatic heterocycles. The van der Waals surface area contributed by atoms with Gasteiger partial charge in [-0.1, -0.05) is 18.2 Å². The van der Waals surface area contributed by atoms with Gasteiger partial charge in [-0.2, -0.15) is 0 Å². The molecule has 1 amide bonds. The van der Waals surface area contributed by atoms with Gasteiger partial charge in [0.25, 0.3) is 5.91 Å². The van der Waals surface area contributed by atoms with E-state index in [9.17, 15) is 4.79 Å². The Kier molecular flexibility index (Phi) is 4.94. The van der Waals surface area contributed by atoms with Crippen LogP contribution in [0.3, 0.4) is 0 Å². The largest absolute Gasteiger partial charge is 0.338 e. The van der Waals surface area contributed by atoms with Gasteiger partial charge in [-0.3, -0.25) is 4.79 Å². The molecule has 25 heavy (non-hydrogen) atoms. The van der Waals surface area contributed by atoms with E-state index in [1.54, 1.807) is 0 Å². The monoisotopic (exact) mass is 359 g/mol. The number of hydrogen-bond acceptors (Lipinski definition) is 2. The number of aromatic nitrogens is 1. The molecule has 2 aromatic rings. The summed E-state index contributed by atoms with van der Waals surface area (Å²) in [6.07, 6.45) is 2.28. The van der Waals surface area contributed by atoms with Gasteiger partial charge in [0, 0.05) is 36.2 Å². The number of rotatable bonds is 2. The molecule has 3 unspecified atom stereocenters. The fraction of sp³-hybridized carbons (Fsp3) is 0.450. The molecule has 5 heteroatoms. The quantitative estimate of drug-likeness (QED) is 0.894. The van der Waals surface area contributed by atoms with Crippen LogP contribution in [0.5, 0.6) is 0 Å². The highest BCUT2D eigenvalue weighted by Crippen LogP contribution is 2.38. The number of halogens is 1. The zero-order valence-corrected chi connectivity index (χ0v) is 15.6. The van der Waals surface area contributed by atoms with Gasteiger partial charge in [-0.05, 0) is 56.7 Å². The minimum absolute atomic E-state index is 0. The normalized spacial score (nSPS) is 24.9. The maximum Gasteiger partial charge on any atom is 0.255 e. The maximum atomic E-state index is 13.1. The molecule has 2 N–H and O–H groups in total. The molecule has 4 rings (SSSR count). The third-order valence-corrected chi connectivity index (χ3v) is 5.88. The second-order valence-corrected chi connectivity index (χ2v) is 7.33. The number of para-hydroxylation sites is 1. The Morgan fingerprint density at radius 1 is 1.12 bits per heavy atom. The van der Waals surface area contributed by atoms with Crippen molar-refractivity contribution in [2.45, 2.75) is 32.7 Å². The lowest BCUT2D eigenvalue weighted by atomic mass is 9.98. The molecular weight excluding hydrogens is 334 g/mol. The van der Waals surface area contributed by atoms with Crippen molar-refractivity contribution in [2.75, 3.05) is 13.1 Å². The highest BCUT2D eigenvalue weighted by molar-refractivity contribution is 5.96. The van der Waals surface area contributed by atoms with Crippen LogP contribution in [-0.4, -0.2) is 34.5 Å². The first-order valence-corrected chi connectivity index (χ1v) is 8.85. The van der Waals surface area contributed by atoms with E-state index in [2.05, 4.69) is 23.6 Å². The Hall–Kier alpha value is -1.78. The molecule has 0 spiro atoms. The van der Waals surface area contributed by atoms with Crippen molar-refractivity contribution in [3.63, 3.8) is 0 Å². The van der Waals surface area contributed by atoms with Gasteiger partial charge in [0.2, 0.25) is 0 Å². The van der Waals surface area contributed by atoms with E-state index in [1.165, 1.54) is 6.42 Å². The summed E-state index contributed by atoms with van der Waals surface area (Å²) in [4.78, 5) is 15.1. The van der Waals surface area contributed by atoms with Gasteiger partial charge < -0.3 is 15.2 Å². The number of likely N-dealkylation sites (tertiary alicyclic amines) is 1. The van der Waals surface area contributed by atoms with Crippen LogP contribution in [-0.2, 0) is 0 Å². The Balaban J connectivity index is 0.00000182. The van der Waals surface area contributed by atoms with Gasteiger partial charge in [0.15, 0.2) is 0 Å². The number of carbonyl (C=O) groups excluding carboxylic acids is 1. The van der Waals surface area contributed by atoms with Crippen molar-refractivity contribution in [1.82, 2.24) is 9.47 Å². The van der Waals surface area contributed by atoms with Crippen LogP contribution in [0.15, 0.2) is 36.4 Å². The van der Waals surface area contributed by atoms with Crippen LogP contribution < -0.4 is 5.73 Å². The Morgan fingerprint density at radius 3 is 2.52 bits per heavy atom. The van der Waals surface area contributed by atoms with Crippen molar-refractivity contribution in [1.29, 1.82) is 0 Å². The van der Waals surface area contributed by atoms with Crippen LogP contribution in [0.1, 0.15) is 34.6 Å². The smallest absolute Gasteiger partial charge is 0.255 e. The summed E-state index contributed by atoms with van der Waals surface area (Å²) in [7, 11) is 0. The van der Waals surface area contributed by atoms with Crippen LogP contribution in [0, 0.1) is 25.7 Å². The summed E-state index contributed by atoms with van der Waals surface area (Å²) < 4.78 is 2.16. The van der Waals surface area contributed by atoms with Crippen molar-refractivity contribution >= 4 is 18.3 Å². The van der Waals surface area contributed by atoms with Crippen LogP contribution in [0.4, 0.5) is 0 Å². The fourth-order valence-electron chi connectivity index (χ4n) is 4.60. The zero-order valence-electron chi connectivity index (χ0n) is 14.8. The first-order valence-electron chi connectivity index (χ1n) is 8.85. The zero-order chi connectivity index (χ0) is 16.8. The van der Waals surface area contributed by atoms with Crippen LogP contribution in [0.2, 0.25) is 0 Å². The predicted octanol–water partition coefficient (Wildman–Crippen LogP) is 3.33. The van der Waals surface area contributed by atoms with E-state index in [4.69, 9.17) is 5.73 Å². The van der Waals surface area contributed by atoms with Gasteiger partial charge in [-0.25, -0.2) is 0 Å². The molecule has 0 radical (unpaired) electrons. The number of benzene rings is 1. The standard InChI is InChI=1S/C20H25N3O.ClH/c1-13-10-17(14(2)23(13)16-6-4-3-5-7-16)20(24)22-11-15-8-9-19(21)18(15)12-22;/h3-7,10,15,18-19H,8-9,11-12,21H2,1-2H3;1H. The molecule has 1 saturated heterocycles. The molecule has 0 bridgehead atoms. The van der Waals surface area contributed by atoms with E-state index < -0.39 is 0 Å².